The fourth-order valence-corrected chi connectivity index (χ4v) is 6.38. The topological polar surface area (TPSA) is 57.6 Å². The van der Waals surface area contributed by atoms with Gasteiger partial charge in [0.05, 0.1) is 8.81 Å². The van der Waals surface area contributed by atoms with Crippen molar-refractivity contribution >= 4 is 48.9 Å². The van der Waals surface area contributed by atoms with E-state index in [1.54, 1.807) is 0 Å². The summed E-state index contributed by atoms with van der Waals surface area (Å²) in [6.07, 6.45) is 2.13. The van der Waals surface area contributed by atoms with Gasteiger partial charge in [-0.1, -0.05) is 11.6 Å². The molecular formula is C10H13BrClNO3S2. The average Bonchev–Trinajstić information content (AvgIpc) is 2.88. The van der Waals surface area contributed by atoms with Crippen LogP contribution in [0.4, 0.5) is 0 Å². The van der Waals surface area contributed by atoms with E-state index in [0.29, 0.717) is 21.8 Å². The van der Waals surface area contributed by atoms with Gasteiger partial charge in [0.25, 0.3) is 10.0 Å². The molecule has 1 aromatic rings. The summed E-state index contributed by atoms with van der Waals surface area (Å²) in [7, 11) is -3.49. The number of hydrogen-bond donors (Lipinski definition) is 1. The lowest BCUT2D eigenvalue weighted by Gasteiger charge is -2.22. The highest BCUT2D eigenvalue weighted by Crippen LogP contribution is 2.37. The van der Waals surface area contributed by atoms with Gasteiger partial charge in [0.15, 0.2) is 0 Å². The second-order valence-electron chi connectivity index (χ2n) is 4.11. The van der Waals surface area contributed by atoms with Crippen LogP contribution in [-0.4, -0.2) is 37.0 Å². The van der Waals surface area contributed by atoms with E-state index in [0.717, 1.165) is 24.2 Å². The Hall–Kier alpha value is 0.340. The zero-order valence-electron chi connectivity index (χ0n) is 9.47. The Morgan fingerprint density at radius 1 is 1.61 bits per heavy atom. The zero-order valence-corrected chi connectivity index (χ0v) is 13.4. The summed E-state index contributed by atoms with van der Waals surface area (Å²) < 4.78 is 27.3. The average molecular weight is 375 g/mol. The van der Waals surface area contributed by atoms with Crippen LogP contribution in [0.1, 0.15) is 19.3 Å². The van der Waals surface area contributed by atoms with Gasteiger partial charge in [-0.15, -0.1) is 11.3 Å². The van der Waals surface area contributed by atoms with E-state index in [2.05, 4.69) is 15.9 Å². The van der Waals surface area contributed by atoms with Crippen molar-refractivity contribution in [2.45, 2.75) is 29.5 Å². The SMILES string of the molecule is O=S(=O)(c1cc(Cl)c(Br)s1)N1CCCC1CCO. The second kappa shape index (κ2) is 5.76. The number of aliphatic hydroxyl groups is 1. The fourth-order valence-electron chi connectivity index (χ4n) is 2.13. The summed E-state index contributed by atoms with van der Waals surface area (Å²) in [5.41, 5.74) is 0. The van der Waals surface area contributed by atoms with Crippen molar-refractivity contribution < 1.29 is 13.5 Å². The summed E-state index contributed by atoms with van der Waals surface area (Å²) in [6.45, 7) is 0.520. The van der Waals surface area contributed by atoms with Gasteiger partial charge >= 0.3 is 0 Å². The highest BCUT2D eigenvalue weighted by molar-refractivity contribution is 9.11. The number of aliphatic hydroxyl groups excluding tert-OH is 1. The molecule has 0 radical (unpaired) electrons. The first kappa shape index (κ1) is 14.7. The number of nitrogens with zero attached hydrogens (tertiary/aromatic N) is 1. The monoisotopic (exact) mass is 373 g/mol. The van der Waals surface area contributed by atoms with Crippen LogP contribution in [0.5, 0.6) is 0 Å². The van der Waals surface area contributed by atoms with Gasteiger partial charge < -0.3 is 5.11 Å². The lowest BCUT2D eigenvalue weighted by Crippen LogP contribution is -2.35. The Bertz CT molecular complexity index is 512. The van der Waals surface area contributed by atoms with Gasteiger partial charge in [-0.3, -0.25) is 0 Å². The Balaban J connectivity index is 2.30. The molecule has 0 spiro atoms. The molecule has 1 N–H and O–H groups in total. The first-order chi connectivity index (χ1) is 8.46. The molecule has 2 heterocycles. The van der Waals surface area contributed by atoms with Crippen LogP contribution >= 0.6 is 38.9 Å². The molecule has 0 aliphatic carbocycles. The Morgan fingerprint density at radius 3 is 2.89 bits per heavy atom. The maximum absolute atomic E-state index is 12.5. The molecule has 102 valence electrons. The van der Waals surface area contributed by atoms with Gasteiger partial charge in [0.2, 0.25) is 0 Å². The second-order valence-corrected chi connectivity index (χ2v) is 9.01. The van der Waals surface area contributed by atoms with Crippen molar-refractivity contribution in [3.05, 3.63) is 14.9 Å². The predicted octanol–water partition coefficient (Wildman–Crippen LogP) is 2.70. The molecule has 1 atom stereocenters. The van der Waals surface area contributed by atoms with Crippen LogP contribution in [0.2, 0.25) is 5.02 Å². The van der Waals surface area contributed by atoms with Crippen molar-refractivity contribution in [2.24, 2.45) is 0 Å². The molecule has 1 saturated heterocycles. The lowest BCUT2D eigenvalue weighted by molar-refractivity contribution is 0.246. The summed E-state index contributed by atoms with van der Waals surface area (Å²) in [5.74, 6) is 0. The Labute approximate surface area is 124 Å². The quantitative estimate of drug-likeness (QED) is 0.881. The van der Waals surface area contributed by atoms with Crippen LogP contribution in [-0.2, 0) is 10.0 Å². The van der Waals surface area contributed by atoms with E-state index in [1.165, 1.54) is 10.4 Å². The minimum atomic E-state index is -3.49. The molecule has 0 saturated carbocycles. The van der Waals surface area contributed by atoms with Crippen molar-refractivity contribution in [1.82, 2.24) is 4.31 Å². The van der Waals surface area contributed by atoms with E-state index in [9.17, 15) is 8.42 Å². The predicted molar refractivity (Wildman–Crippen MR) is 75.6 cm³/mol. The molecule has 1 aromatic heterocycles. The van der Waals surface area contributed by atoms with Crippen LogP contribution in [0.25, 0.3) is 0 Å². The van der Waals surface area contributed by atoms with Gasteiger partial charge in [0.1, 0.15) is 4.21 Å². The summed E-state index contributed by atoms with van der Waals surface area (Å²) in [5, 5.41) is 9.39. The number of sulfonamides is 1. The standard InChI is InChI=1S/C10H13BrClNO3S2/c11-10-8(12)6-9(17-10)18(15,16)13-4-1-2-7(13)3-5-14/h6-7,14H,1-5H2. The molecule has 0 bridgehead atoms. The highest BCUT2D eigenvalue weighted by atomic mass is 79.9. The van der Waals surface area contributed by atoms with Gasteiger partial charge in [-0.2, -0.15) is 4.31 Å². The van der Waals surface area contributed by atoms with E-state index in [1.807, 2.05) is 0 Å². The normalized spacial score (nSPS) is 21.6. The summed E-state index contributed by atoms with van der Waals surface area (Å²) >= 11 is 10.2. The van der Waals surface area contributed by atoms with Gasteiger partial charge in [-0.25, -0.2) is 8.42 Å². The Kier molecular flexibility index (Phi) is 4.72. The van der Waals surface area contributed by atoms with Gasteiger partial charge in [0, 0.05) is 19.2 Å². The Morgan fingerprint density at radius 2 is 2.33 bits per heavy atom. The maximum atomic E-state index is 12.5. The highest BCUT2D eigenvalue weighted by Gasteiger charge is 2.36. The van der Waals surface area contributed by atoms with Crippen LogP contribution in [0.15, 0.2) is 14.1 Å². The largest absolute Gasteiger partial charge is 0.396 e. The minimum Gasteiger partial charge on any atom is -0.396 e. The van der Waals surface area contributed by atoms with Crippen molar-refractivity contribution in [3.8, 4) is 0 Å². The van der Waals surface area contributed by atoms with Gasteiger partial charge in [-0.05, 0) is 41.3 Å². The molecule has 18 heavy (non-hydrogen) atoms. The smallest absolute Gasteiger partial charge is 0.252 e. The molecule has 1 aliphatic rings. The molecule has 0 amide bonds. The van der Waals surface area contributed by atoms with Crippen LogP contribution in [0, 0.1) is 0 Å². The number of halogens is 2. The zero-order chi connectivity index (χ0) is 13.3. The number of thiophene rings is 1. The van der Waals surface area contributed by atoms with Crippen molar-refractivity contribution in [3.63, 3.8) is 0 Å². The van der Waals surface area contributed by atoms with Crippen LogP contribution in [0.3, 0.4) is 0 Å². The van der Waals surface area contributed by atoms with Crippen molar-refractivity contribution in [1.29, 1.82) is 0 Å². The molecule has 1 unspecified atom stereocenters. The van der Waals surface area contributed by atoms with Crippen molar-refractivity contribution in [2.75, 3.05) is 13.2 Å². The lowest BCUT2D eigenvalue weighted by atomic mass is 10.2. The third kappa shape index (κ3) is 2.76. The number of rotatable bonds is 4. The molecule has 2 rings (SSSR count). The first-order valence-electron chi connectivity index (χ1n) is 5.54. The first-order valence-corrected chi connectivity index (χ1v) is 8.97. The molecular weight excluding hydrogens is 362 g/mol. The third-order valence-corrected chi connectivity index (χ3v) is 7.85. The molecule has 0 aromatic carbocycles. The third-order valence-electron chi connectivity index (χ3n) is 2.97. The molecule has 4 nitrogen and oxygen atoms in total. The van der Waals surface area contributed by atoms with E-state index < -0.39 is 10.0 Å². The van der Waals surface area contributed by atoms with Crippen LogP contribution < -0.4 is 0 Å². The summed E-state index contributed by atoms with van der Waals surface area (Å²) in [6, 6.07) is 1.37. The maximum Gasteiger partial charge on any atom is 0.252 e. The van der Waals surface area contributed by atoms with E-state index >= 15 is 0 Å². The minimum absolute atomic E-state index is 0.00553. The fraction of sp³-hybridized carbons (Fsp3) is 0.600. The van der Waals surface area contributed by atoms with E-state index in [-0.39, 0.29) is 16.9 Å². The molecule has 8 heteroatoms. The number of hydrogen-bond acceptors (Lipinski definition) is 4. The molecule has 1 aliphatic heterocycles. The van der Waals surface area contributed by atoms with E-state index in [4.69, 9.17) is 16.7 Å². The molecule has 1 fully saturated rings. The summed E-state index contributed by atoms with van der Waals surface area (Å²) in [4.78, 5) is 0.